The van der Waals surface area contributed by atoms with Crippen molar-refractivity contribution in [1.82, 2.24) is 5.32 Å². The predicted octanol–water partition coefficient (Wildman–Crippen LogP) is 1.17. The summed E-state index contributed by atoms with van der Waals surface area (Å²) >= 11 is 0. The molecule has 0 aromatic heterocycles. The van der Waals surface area contributed by atoms with Crippen molar-refractivity contribution in [2.24, 2.45) is 0 Å². The van der Waals surface area contributed by atoms with Gasteiger partial charge in [-0.15, -0.1) is 0 Å². The quantitative estimate of drug-likeness (QED) is 0.627. The maximum Gasteiger partial charge on any atom is 0.391 e. The van der Waals surface area contributed by atoms with Crippen LogP contribution in [0.15, 0.2) is 0 Å². The largest absolute Gasteiger partial charge is 0.391 e. The van der Waals surface area contributed by atoms with Gasteiger partial charge >= 0.3 is 6.18 Å². The number of halogens is 3. The molecule has 0 rings (SSSR count). The van der Waals surface area contributed by atoms with Crippen molar-refractivity contribution in [3.05, 3.63) is 0 Å². The van der Waals surface area contributed by atoms with Crippen molar-refractivity contribution in [2.75, 3.05) is 26.8 Å². The van der Waals surface area contributed by atoms with Gasteiger partial charge in [-0.3, -0.25) is 0 Å². The molecule has 0 amide bonds. The Balaban J connectivity index is 3.02. The lowest BCUT2D eigenvalue weighted by Crippen LogP contribution is -2.17. The molecule has 2 nitrogen and oxygen atoms in total. The first-order valence-corrected chi connectivity index (χ1v) is 3.35. The minimum absolute atomic E-state index is 0.245. The minimum atomic E-state index is -4.10. The highest BCUT2D eigenvalue weighted by Gasteiger charge is 2.26. The zero-order chi connectivity index (χ0) is 8.74. The van der Waals surface area contributed by atoms with E-state index in [2.05, 4.69) is 10.1 Å². The van der Waals surface area contributed by atoms with Crippen molar-refractivity contribution in [2.45, 2.75) is 12.6 Å². The van der Waals surface area contributed by atoms with Crippen LogP contribution in [-0.4, -0.2) is 33.0 Å². The van der Waals surface area contributed by atoms with Crippen LogP contribution in [0.25, 0.3) is 0 Å². The molecule has 0 saturated carbocycles. The molecule has 68 valence electrons. The predicted molar refractivity (Wildman–Crippen MR) is 35.4 cm³/mol. The Morgan fingerprint density at radius 3 is 2.36 bits per heavy atom. The van der Waals surface area contributed by atoms with Crippen molar-refractivity contribution >= 4 is 0 Å². The van der Waals surface area contributed by atoms with Crippen LogP contribution in [0.4, 0.5) is 13.2 Å². The van der Waals surface area contributed by atoms with Gasteiger partial charge in [0.05, 0.1) is 19.6 Å². The second-order valence-electron chi connectivity index (χ2n) is 2.08. The summed E-state index contributed by atoms with van der Waals surface area (Å²) in [7, 11) is 1.72. The number of likely N-dealkylation sites (N-methyl/N-ethyl adjacent to an activating group) is 1. The van der Waals surface area contributed by atoms with Crippen LogP contribution in [0.2, 0.25) is 0 Å². The van der Waals surface area contributed by atoms with E-state index in [9.17, 15) is 13.2 Å². The molecule has 0 aliphatic carbocycles. The Hall–Kier alpha value is -0.290. The number of hydrogen-bond acceptors (Lipinski definition) is 2. The molecule has 0 radical (unpaired) electrons. The van der Waals surface area contributed by atoms with Crippen molar-refractivity contribution < 1.29 is 17.9 Å². The summed E-state index contributed by atoms with van der Waals surface area (Å²) in [5.74, 6) is 0. The molecule has 11 heavy (non-hydrogen) atoms. The van der Waals surface area contributed by atoms with Gasteiger partial charge in [-0.05, 0) is 7.05 Å². The van der Waals surface area contributed by atoms with E-state index in [4.69, 9.17) is 0 Å². The molecular weight excluding hydrogens is 159 g/mol. The maximum absolute atomic E-state index is 11.5. The number of nitrogens with one attached hydrogen (secondary N) is 1. The molecule has 0 bridgehead atoms. The van der Waals surface area contributed by atoms with Gasteiger partial charge < -0.3 is 10.1 Å². The van der Waals surface area contributed by atoms with E-state index in [0.29, 0.717) is 13.2 Å². The molecule has 0 spiro atoms. The number of rotatable bonds is 5. The average molecular weight is 171 g/mol. The zero-order valence-corrected chi connectivity index (χ0v) is 6.37. The average Bonchev–Trinajstić information content (AvgIpc) is 1.85. The van der Waals surface area contributed by atoms with Crippen molar-refractivity contribution in [1.29, 1.82) is 0 Å². The summed E-state index contributed by atoms with van der Waals surface area (Å²) in [6.45, 7) is 0.662. The van der Waals surface area contributed by atoms with Crippen LogP contribution >= 0.6 is 0 Å². The fraction of sp³-hybridized carbons (Fsp3) is 1.00. The van der Waals surface area contributed by atoms with Gasteiger partial charge in [-0.2, -0.15) is 13.2 Å². The normalized spacial score (nSPS) is 12.0. The molecule has 0 aliphatic rings. The van der Waals surface area contributed by atoms with Gasteiger partial charge in [0, 0.05) is 6.54 Å². The Kier molecular flexibility index (Phi) is 5.23. The van der Waals surface area contributed by atoms with E-state index in [1.165, 1.54) is 0 Å². The molecule has 0 fully saturated rings. The minimum Gasteiger partial charge on any atom is -0.380 e. The van der Waals surface area contributed by atoms with Gasteiger partial charge in [0.2, 0.25) is 0 Å². The molecule has 0 aliphatic heterocycles. The third-order valence-corrected chi connectivity index (χ3v) is 1.03. The lowest BCUT2D eigenvalue weighted by Gasteiger charge is -2.06. The topological polar surface area (TPSA) is 21.3 Å². The van der Waals surface area contributed by atoms with Crippen LogP contribution < -0.4 is 5.32 Å². The zero-order valence-electron chi connectivity index (χ0n) is 6.37. The first-order valence-electron chi connectivity index (χ1n) is 3.35. The molecule has 5 heteroatoms. The van der Waals surface area contributed by atoms with Crippen molar-refractivity contribution in [3.63, 3.8) is 0 Å². The summed E-state index contributed by atoms with van der Waals surface area (Å²) in [5, 5.41) is 2.76. The SMILES string of the molecule is CNCCOCCC(F)(F)F. The smallest absolute Gasteiger partial charge is 0.380 e. The van der Waals surface area contributed by atoms with Crippen LogP contribution in [0, 0.1) is 0 Å². The van der Waals surface area contributed by atoms with Gasteiger partial charge in [0.25, 0.3) is 0 Å². The highest BCUT2D eigenvalue weighted by Crippen LogP contribution is 2.18. The molecule has 0 unspecified atom stereocenters. The molecule has 0 saturated heterocycles. The van der Waals surface area contributed by atoms with E-state index in [1.807, 2.05) is 0 Å². The second kappa shape index (κ2) is 5.37. The van der Waals surface area contributed by atoms with Crippen LogP contribution in [0.5, 0.6) is 0 Å². The van der Waals surface area contributed by atoms with Crippen molar-refractivity contribution in [3.8, 4) is 0 Å². The first-order chi connectivity index (χ1) is 5.06. The molecular formula is C6H12F3NO. The summed E-state index contributed by atoms with van der Waals surface area (Å²) < 4.78 is 39.1. The summed E-state index contributed by atoms with van der Waals surface area (Å²) in [6.07, 6.45) is -4.96. The van der Waals surface area contributed by atoms with Crippen LogP contribution in [0.1, 0.15) is 6.42 Å². The Morgan fingerprint density at radius 2 is 1.91 bits per heavy atom. The Bertz CT molecular complexity index is 94.3. The van der Waals surface area contributed by atoms with Gasteiger partial charge in [0.1, 0.15) is 0 Å². The molecule has 1 N–H and O–H groups in total. The summed E-state index contributed by atoms with van der Waals surface area (Å²) in [6, 6.07) is 0. The molecule has 0 atom stereocenters. The lowest BCUT2D eigenvalue weighted by atomic mass is 10.4. The third-order valence-electron chi connectivity index (χ3n) is 1.03. The standard InChI is InChI=1S/C6H12F3NO/c1-10-3-5-11-4-2-6(7,8)9/h10H,2-5H2,1H3. The Morgan fingerprint density at radius 1 is 1.27 bits per heavy atom. The fourth-order valence-corrected chi connectivity index (χ4v) is 0.464. The fourth-order valence-electron chi connectivity index (χ4n) is 0.464. The number of alkyl halides is 3. The summed E-state index contributed by atoms with van der Waals surface area (Å²) in [5.41, 5.74) is 0. The number of hydrogen-bond donors (Lipinski definition) is 1. The maximum atomic E-state index is 11.5. The van der Waals surface area contributed by atoms with Crippen LogP contribution in [-0.2, 0) is 4.74 Å². The van der Waals surface area contributed by atoms with Crippen LogP contribution in [0.3, 0.4) is 0 Å². The third kappa shape index (κ3) is 9.71. The van der Waals surface area contributed by atoms with E-state index < -0.39 is 12.6 Å². The lowest BCUT2D eigenvalue weighted by molar-refractivity contribution is -0.145. The van der Waals surface area contributed by atoms with E-state index in [0.717, 1.165) is 0 Å². The summed E-state index contributed by atoms with van der Waals surface area (Å²) in [4.78, 5) is 0. The highest BCUT2D eigenvalue weighted by atomic mass is 19.4. The molecule has 0 aromatic rings. The monoisotopic (exact) mass is 171 g/mol. The highest BCUT2D eigenvalue weighted by molar-refractivity contribution is 4.48. The Labute approximate surface area is 63.7 Å². The second-order valence-corrected chi connectivity index (χ2v) is 2.08. The molecule has 0 heterocycles. The van der Waals surface area contributed by atoms with Gasteiger partial charge in [0.15, 0.2) is 0 Å². The number of ether oxygens (including phenoxy) is 1. The van der Waals surface area contributed by atoms with E-state index >= 15 is 0 Å². The van der Waals surface area contributed by atoms with E-state index in [-0.39, 0.29) is 6.61 Å². The molecule has 0 aromatic carbocycles. The van der Waals surface area contributed by atoms with Gasteiger partial charge in [-0.25, -0.2) is 0 Å². The van der Waals surface area contributed by atoms with E-state index in [1.54, 1.807) is 7.05 Å². The first kappa shape index (κ1) is 10.7. The van der Waals surface area contributed by atoms with Gasteiger partial charge in [-0.1, -0.05) is 0 Å².